The summed E-state index contributed by atoms with van der Waals surface area (Å²) in [5.74, 6) is 1.08. The molecule has 1 saturated carbocycles. The third-order valence-corrected chi connectivity index (χ3v) is 7.89. The van der Waals surface area contributed by atoms with Gasteiger partial charge >= 0.3 is 18.4 Å². The first kappa shape index (κ1) is 32.6. The molecule has 0 bridgehead atoms. The number of carbonyl (C=O) groups excluding carboxylic acids is 1. The highest BCUT2D eigenvalue weighted by atomic mass is 19.4. The summed E-state index contributed by atoms with van der Waals surface area (Å²) in [6, 6.07) is 12.0. The fourth-order valence-corrected chi connectivity index (χ4v) is 5.47. The van der Waals surface area contributed by atoms with Gasteiger partial charge in [0.1, 0.15) is 17.5 Å². The van der Waals surface area contributed by atoms with E-state index in [1.165, 1.54) is 18.2 Å². The van der Waals surface area contributed by atoms with Gasteiger partial charge in [0, 0.05) is 55.7 Å². The van der Waals surface area contributed by atoms with E-state index in [0.29, 0.717) is 63.6 Å². The Bertz CT molecular complexity index is 1540. The summed E-state index contributed by atoms with van der Waals surface area (Å²) in [5.41, 5.74) is -2.66. The van der Waals surface area contributed by atoms with E-state index in [0.717, 1.165) is 24.3 Å². The van der Waals surface area contributed by atoms with Crippen LogP contribution >= 0.6 is 0 Å². The normalized spacial score (nSPS) is 19.0. The maximum absolute atomic E-state index is 13.3. The number of nitro groups is 1. The topological polar surface area (TPSA) is 113 Å². The molecule has 5 rings (SSSR count). The molecule has 0 atom stereocenters. The van der Waals surface area contributed by atoms with Crippen LogP contribution in [0.4, 0.5) is 54.0 Å². The zero-order chi connectivity index (χ0) is 33.1. The minimum absolute atomic E-state index is 0.130. The van der Waals surface area contributed by atoms with Gasteiger partial charge in [-0.2, -0.15) is 31.3 Å². The van der Waals surface area contributed by atoms with Crippen molar-refractivity contribution >= 4 is 28.9 Å². The summed E-state index contributed by atoms with van der Waals surface area (Å²) in [4.78, 5) is 30.8. The number of hydrogen-bond donors (Lipinski definition) is 2. The molecule has 1 aliphatic heterocycles. The number of pyridine rings is 1. The molecule has 246 valence electrons. The number of urea groups is 1. The van der Waals surface area contributed by atoms with Crippen LogP contribution in [0.25, 0.3) is 0 Å². The van der Waals surface area contributed by atoms with E-state index in [1.807, 2.05) is 11.0 Å². The van der Waals surface area contributed by atoms with Crippen LogP contribution in [-0.2, 0) is 12.4 Å². The van der Waals surface area contributed by atoms with Crippen molar-refractivity contribution in [2.24, 2.45) is 0 Å². The number of benzene rings is 2. The third-order valence-electron chi connectivity index (χ3n) is 7.89. The number of ether oxygens (including phenoxy) is 1. The zero-order valence-corrected chi connectivity index (χ0v) is 24.3. The molecule has 46 heavy (non-hydrogen) atoms. The molecule has 2 fully saturated rings. The van der Waals surface area contributed by atoms with E-state index in [9.17, 15) is 41.3 Å². The first-order chi connectivity index (χ1) is 21.8. The molecule has 1 aliphatic carbocycles. The molecule has 1 aromatic heterocycles. The van der Waals surface area contributed by atoms with Crippen molar-refractivity contribution in [3.63, 3.8) is 0 Å². The quantitative estimate of drug-likeness (QED) is 0.158. The zero-order valence-electron chi connectivity index (χ0n) is 24.3. The lowest BCUT2D eigenvalue weighted by Gasteiger charge is -2.35. The number of piperazine rings is 1. The Balaban J connectivity index is 1.09. The first-order valence-electron chi connectivity index (χ1n) is 14.5. The minimum Gasteiger partial charge on any atom is -0.474 e. The molecule has 2 amide bonds. The SMILES string of the molecule is O=C(Nc1ccc(C(F)(F)F)cc1)N1CCN(c2cccc(OC3CCC(Nc4ccc([N+](=O)[O-])c(C(F)(F)F)c4)CC3)n2)CC1. The Morgan fingerprint density at radius 2 is 1.52 bits per heavy atom. The Morgan fingerprint density at radius 3 is 2.13 bits per heavy atom. The second-order valence-electron chi connectivity index (χ2n) is 11.0. The van der Waals surface area contributed by atoms with Crippen molar-refractivity contribution in [1.82, 2.24) is 9.88 Å². The van der Waals surface area contributed by atoms with Crippen molar-refractivity contribution in [3.8, 4) is 5.88 Å². The van der Waals surface area contributed by atoms with Gasteiger partial charge in [0.2, 0.25) is 5.88 Å². The molecule has 2 N–H and O–H groups in total. The Morgan fingerprint density at radius 1 is 0.870 bits per heavy atom. The average Bonchev–Trinajstić information content (AvgIpc) is 3.01. The number of alkyl halides is 6. The molecule has 0 radical (unpaired) electrons. The molecule has 2 aliphatic rings. The lowest BCUT2D eigenvalue weighted by molar-refractivity contribution is -0.388. The van der Waals surface area contributed by atoms with Crippen LogP contribution < -0.4 is 20.3 Å². The van der Waals surface area contributed by atoms with E-state index < -0.39 is 40.1 Å². The maximum atomic E-state index is 13.3. The summed E-state index contributed by atoms with van der Waals surface area (Å²) in [6.07, 6.45) is -7.01. The van der Waals surface area contributed by atoms with Crippen molar-refractivity contribution < 1.29 is 40.8 Å². The van der Waals surface area contributed by atoms with Gasteiger partial charge in [-0.3, -0.25) is 10.1 Å². The smallest absolute Gasteiger partial charge is 0.423 e. The number of amides is 2. The monoisotopic (exact) mass is 652 g/mol. The molecule has 3 aromatic rings. The van der Waals surface area contributed by atoms with Gasteiger partial charge in [-0.05, 0) is 68.1 Å². The van der Waals surface area contributed by atoms with Crippen LogP contribution in [-0.4, -0.2) is 59.2 Å². The number of carbonyl (C=O) groups is 1. The van der Waals surface area contributed by atoms with Gasteiger partial charge in [-0.1, -0.05) is 6.07 Å². The van der Waals surface area contributed by atoms with E-state index >= 15 is 0 Å². The standard InChI is InChI=1S/C30H30F6N6O4/c31-29(32,33)19-4-6-21(7-5-19)38-28(43)41-16-14-40(15-17-41)26-2-1-3-27(39-26)46-23-11-8-20(9-12-23)37-22-10-13-25(42(44)45)24(18-22)30(34,35)36/h1-7,10,13,18,20,23,37H,8-9,11-12,14-17H2,(H,38,43). The van der Waals surface area contributed by atoms with Gasteiger partial charge in [0.05, 0.1) is 10.5 Å². The number of hydrogen-bond acceptors (Lipinski definition) is 7. The maximum Gasteiger partial charge on any atom is 0.423 e. The van der Waals surface area contributed by atoms with E-state index in [2.05, 4.69) is 15.6 Å². The highest BCUT2D eigenvalue weighted by Gasteiger charge is 2.38. The van der Waals surface area contributed by atoms with E-state index in [4.69, 9.17) is 4.74 Å². The Hall–Kier alpha value is -4.76. The molecule has 2 aromatic carbocycles. The van der Waals surface area contributed by atoms with Crippen LogP contribution in [0, 0.1) is 10.1 Å². The van der Waals surface area contributed by atoms with E-state index in [1.54, 1.807) is 17.0 Å². The van der Waals surface area contributed by atoms with Gasteiger partial charge in [0.15, 0.2) is 0 Å². The number of aromatic nitrogens is 1. The van der Waals surface area contributed by atoms with Crippen molar-refractivity contribution in [2.75, 3.05) is 41.7 Å². The summed E-state index contributed by atoms with van der Waals surface area (Å²) >= 11 is 0. The van der Waals surface area contributed by atoms with Crippen LogP contribution in [0.5, 0.6) is 5.88 Å². The molecular weight excluding hydrogens is 622 g/mol. The van der Waals surface area contributed by atoms with Gasteiger partial charge in [0.25, 0.3) is 5.69 Å². The largest absolute Gasteiger partial charge is 0.474 e. The van der Waals surface area contributed by atoms with Gasteiger partial charge in [-0.25, -0.2) is 4.79 Å². The second-order valence-corrected chi connectivity index (χ2v) is 11.0. The third kappa shape index (κ3) is 8.09. The Kier molecular flexibility index (Phi) is 9.44. The average molecular weight is 653 g/mol. The fraction of sp³-hybridized carbons (Fsp3) is 0.400. The predicted molar refractivity (Wildman–Crippen MR) is 157 cm³/mol. The van der Waals surface area contributed by atoms with Crippen LogP contribution in [0.3, 0.4) is 0 Å². The highest BCUT2D eigenvalue weighted by molar-refractivity contribution is 5.89. The van der Waals surface area contributed by atoms with Crippen LogP contribution in [0.15, 0.2) is 60.7 Å². The van der Waals surface area contributed by atoms with Crippen molar-refractivity contribution in [3.05, 3.63) is 81.9 Å². The summed E-state index contributed by atoms with van der Waals surface area (Å²) in [6.45, 7) is 1.70. The van der Waals surface area contributed by atoms with Crippen molar-refractivity contribution in [2.45, 2.75) is 50.2 Å². The van der Waals surface area contributed by atoms with Crippen LogP contribution in [0.1, 0.15) is 36.8 Å². The Labute approximate surface area is 259 Å². The second kappa shape index (κ2) is 13.3. The molecule has 2 heterocycles. The van der Waals surface area contributed by atoms with Gasteiger partial charge in [-0.15, -0.1) is 0 Å². The number of halogens is 6. The molecule has 0 spiro atoms. The molecule has 1 saturated heterocycles. The lowest BCUT2D eigenvalue weighted by Crippen LogP contribution is -2.50. The molecule has 10 nitrogen and oxygen atoms in total. The highest BCUT2D eigenvalue weighted by Crippen LogP contribution is 2.38. The lowest BCUT2D eigenvalue weighted by atomic mass is 9.92. The molecule has 16 heteroatoms. The summed E-state index contributed by atoms with van der Waals surface area (Å²) in [5, 5.41) is 16.7. The number of nitrogens with one attached hydrogen (secondary N) is 2. The van der Waals surface area contributed by atoms with E-state index in [-0.39, 0.29) is 23.5 Å². The first-order valence-corrected chi connectivity index (χ1v) is 14.5. The number of rotatable bonds is 7. The predicted octanol–water partition coefficient (Wildman–Crippen LogP) is 7.18. The minimum atomic E-state index is -4.85. The summed E-state index contributed by atoms with van der Waals surface area (Å²) in [7, 11) is 0. The van der Waals surface area contributed by atoms with Gasteiger partial charge < -0.3 is 25.2 Å². The number of nitrogens with zero attached hydrogens (tertiary/aromatic N) is 4. The fourth-order valence-electron chi connectivity index (χ4n) is 5.47. The summed E-state index contributed by atoms with van der Waals surface area (Å²) < 4.78 is 84.4. The number of nitro benzene ring substituents is 1. The number of anilines is 3. The van der Waals surface area contributed by atoms with Crippen LogP contribution in [0.2, 0.25) is 0 Å². The molecular formula is C30H30F6N6O4. The molecule has 0 unspecified atom stereocenters. The van der Waals surface area contributed by atoms with Crippen molar-refractivity contribution in [1.29, 1.82) is 0 Å².